The van der Waals surface area contributed by atoms with E-state index < -0.39 is 0 Å². The number of nitrogen functional groups attached to an aromatic ring is 1. The quantitative estimate of drug-likeness (QED) is 0.908. The van der Waals surface area contributed by atoms with E-state index in [1.807, 2.05) is 24.4 Å². The molecule has 0 radical (unpaired) electrons. The van der Waals surface area contributed by atoms with Crippen LogP contribution in [0.3, 0.4) is 0 Å². The summed E-state index contributed by atoms with van der Waals surface area (Å²) in [7, 11) is 0. The predicted octanol–water partition coefficient (Wildman–Crippen LogP) is 2.37. The Morgan fingerprint density at radius 2 is 2.28 bits per heavy atom. The van der Waals surface area contributed by atoms with Crippen molar-refractivity contribution in [3.63, 3.8) is 0 Å². The molecule has 3 N–H and O–H groups in total. The normalized spacial score (nSPS) is 16.8. The Hall–Kier alpha value is -1.30. The number of fused-ring (bicyclic) bond motifs is 1. The predicted molar refractivity (Wildman–Crippen MR) is 75.3 cm³/mol. The number of ether oxygens (including phenoxy) is 1. The van der Waals surface area contributed by atoms with Crippen LogP contribution in [0.4, 0.5) is 5.13 Å². The standard InChI is InChI=1S/C12H13N3OS.ClH/c13-12-15-6-8(17-12)5-14-10-7-16-11-4-2-1-3-9(10)11;/h1-4,6,10,14H,5,7H2,(H2,13,15);1H. The van der Waals surface area contributed by atoms with Gasteiger partial charge in [0.25, 0.3) is 0 Å². The summed E-state index contributed by atoms with van der Waals surface area (Å²) in [6.45, 7) is 1.46. The molecule has 1 aliphatic heterocycles. The number of thiazole rings is 1. The van der Waals surface area contributed by atoms with Gasteiger partial charge in [0.15, 0.2) is 5.13 Å². The van der Waals surface area contributed by atoms with E-state index in [4.69, 9.17) is 10.5 Å². The molecule has 96 valence electrons. The highest BCUT2D eigenvalue weighted by Gasteiger charge is 2.22. The SMILES string of the molecule is Cl.Nc1ncc(CNC2COc3ccccc32)s1. The van der Waals surface area contributed by atoms with Crippen LogP contribution in [0, 0.1) is 0 Å². The van der Waals surface area contributed by atoms with Crippen LogP contribution in [0.1, 0.15) is 16.5 Å². The molecule has 3 rings (SSSR count). The molecule has 6 heteroatoms. The lowest BCUT2D eigenvalue weighted by atomic mass is 10.1. The van der Waals surface area contributed by atoms with E-state index >= 15 is 0 Å². The van der Waals surface area contributed by atoms with Crippen molar-refractivity contribution >= 4 is 28.9 Å². The van der Waals surface area contributed by atoms with E-state index in [0.717, 1.165) is 17.2 Å². The van der Waals surface area contributed by atoms with Crippen molar-refractivity contribution in [3.8, 4) is 5.75 Å². The molecule has 4 nitrogen and oxygen atoms in total. The monoisotopic (exact) mass is 283 g/mol. The number of aromatic nitrogens is 1. The summed E-state index contributed by atoms with van der Waals surface area (Å²) < 4.78 is 5.61. The molecule has 1 unspecified atom stereocenters. The van der Waals surface area contributed by atoms with E-state index in [1.54, 1.807) is 0 Å². The molecule has 0 spiro atoms. The van der Waals surface area contributed by atoms with E-state index in [2.05, 4.69) is 16.4 Å². The number of anilines is 1. The zero-order chi connectivity index (χ0) is 11.7. The number of para-hydroxylation sites is 1. The molecule has 2 aromatic rings. The minimum absolute atomic E-state index is 0. The molecule has 0 bridgehead atoms. The van der Waals surface area contributed by atoms with Crippen LogP contribution in [0.5, 0.6) is 5.75 Å². The highest BCUT2D eigenvalue weighted by atomic mass is 35.5. The molecule has 1 atom stereocenters. The van der Waals surface area contributed by atoms with Crippen LogP contribution in [0.25, 0.3) is 0 Å². The average molecular weight is 284 g/mol. The Morgan fingerprint density at radius 3 is 3.06 bits per heavy atom. The van der Waals surface area contributed by atoms with Crippen LogP contribution < -0.4 is 15.8 Å². The molecule has 0 amide bonds. The zero-order valence-electron chi connectivity index (χ0n) is 9.63. The number of hydrogen-bond acceptors (Lipinski definition) is 5. The van der Waals surface area contributed by atoms with Gasteiger partial charge in [-0.15, -0.1) is 23.7 Å². The number of hydrogen-bond donors (Lipinski definition) is 2. The topological polar surface area (TPSA) is 60.2 Å². The fourth-order valence-corrected chi connectivity index (χ4v) is 2.59. The van der Waals surface area contributed by atoms with Crippen molar-refractivity contribution in [3.05, 3.63) is 40.9 Å². The summed E-state index contributed by atoms with van der Waals surface area (Å²) in [5.41, 5.74) is 6.82. The van der Waals surface area contributed by atoms with Crippen molar-refractivity contribution in [1.82, 2.24) is 10.3 Å². The van der Waals surface area contributed by atoms with Crippen LogP contribution in [0.2, 0.25) is 0 Å². The van der Waals surface area contributed by atoms with E-state index in [-0.39, 0.29) is 18.4 Å². The number of halogens is 1. The third kappa shape index (κ3) is 2.58. The minimum atomic E-state index is 0. The smallest absolute Gasteiger partial charge is 0.180 e. The second-order valence-corrected chi connectivity index (χ2v) is 5.09. The Morgan fingerprint density at radius 1 is 1.44 bits per heavy atom. The second-order valence-electron chi connectivity index (χ2n) is 3.95. The van der Waals surface area contributed by atoms with Crippen LogP contribution in [0.15, 0.2) is 30.5 Å². The molecule has 1 aromatic heterocycles. The summed E-state index contributed by atoms with van der Waals surface area (Å²) >= 11 is 1.52. The fraction of sp³-hybridized carbons (Fsp3) is 0.250. The van der Waals surface area contributed by atoms with Crippen molar-refractivity contribution in [2.75, 3.05) is 12.3 Å². The first-order chi connectivity index (χ1) is 8.33. The molecule has 2 heterocycles. The molecule has 1 aliphatic rings. The molecule has 1 aromatic carbocycles. The van der Waals surface area contributed by atoms with Gasteiger partial charge in [0.1, 0.15) is 12.4 Å². The van der Waals surface area contributed by atoms with Crippen molar-refractivity contribution in [1.29, 1.82) is 0 Å². The van der Waals surface area contributed by atoms with E-state index in [0.29, 0.717) is 11.7 Å². The fourth-order valence-electron chi connectivity index (χ4n) is 1.96. The Labute approximate surface area is 116 Å². The first kappa shape index (κ1) is 13.1. The van der Waals surface area contributed by atoms with Gasteiger partial charge in [-0.2, -0.15) is 0 Å². The summed E-state index contributed by atoms with van der Waals surface area (Å²) in [6.07, 6.45) is 1.81. The zero-order valence-corrected chi connectivity index (χ0v) is 11.3. The Balaban J connectivity index is 0.00000120. The van der Waals surface area contributed by atoms with Crippen LogP contribution >= 0.6 is 23.7 Å². The van der Waals surface area contributed by atoms with Crippen molar-refractivity contribution in [2.45, 2.75) is 12.6 Å². The summed E-state index contributed by atoms with van der Waals surface area (Å²) in [5, 5.41) is 4.07. The molecule has 0 fully saturated rings. The molecular formula is C12H14ClN3OS. The highest BCUT2D eigenvalue weighted by Crippen LogP contribution is 2.31. The van der Waals surface area contributed by atoms with E-state index in [1.165, 1.54) is 16.9 Å². The maximum absolute atomic E-state index is 5.61. The second kappa shape index (κ2) is 5.56. The number of nitrogens with one attached hydrogen (secondary N) is 1. The highest BCUT2D eigenvalue weighted by molar-refractivity contribution is 7.15. The lowest BCUT2D eigenvalue weighted by Crippen LogP contribution is -2.21. The third-order valence-electron chi connectivity index (χ3n) is 2.79. The van der Waals surface area contributed by atoms with Crippen molar-refractivity contribution < 1.29 is 4.74 Å². The summed E-state index contributed by atoms with van der Waals surface area (Å²) in [5.74, 6) is 0.980. The van der Waals surface area contributed by atoms with Crippen LogP contribution in [-0.2, 0) is 6.54 Å². The molecule has 18 heavy (non-hydrogen) atoms. The molecule has 0 saturated heterocycles. The van der Waals surface area contributed by atoms with Gasteiger partial charge in [-0.3, -0.25) is 0 Å². The van der Waals surface area contributed by atoms with Gasteiger partial charge in [-0.25, -0.2) is 4.98 Å². The number of nitrogens with two attached hydrogens (primary N) is 1. The van der Waals surface area contributed by atoms with Gasteiger partial charge >= 0.3 is 0 Å². The maximum atomic E-state index is 5.61. The van der Waals surface area contributed by atoms with Gasteiger partial charge in [-0.05, 0) is 6.07 Å². The average Bonchev–Trinajstić information content (AvgIpc) is 2.93. The summed E-state index contributed by atoms with van der Waals surface area (Å²) in [6, 6.07) is 8.38. The third-order valence-corrected chi connectivity index (χ3v) is 3.62. The van der Waals surface area contributed by atoms with E-state index in [9.17, 15) is 0 Å². The maximum Gasteiger partial charge on any atom is 0.180 e. The number of nitrogens with zero attached hydrogens (tertiary/aromatic N) is 1. The Bertz CT molecular complexity index is 532. The minimum Gasteiger partial charge on any atom is -0.491 e. The summed E-state index contributed by atoms with van der Waals surface area (Å²) in [4.78, 5) is 5.18. The lowest BCUT2D eigenvalue weighted by molar-refractivity contribution is 0.311. The number of rotatable bonds is 3. The van der Waals surface area contributed by atoms with Gasteiger partial charge in [0.05, 0.1) is 6.04 Å². The van der Waals surface area contributed by atoms with Gasteiger partial charge < -0.3 is 15.8 Å². The first-order valence-corrected chi connectivity index (χ1v) is 6.30. The molecule has 0 saturated carbocycles. The van der Waals surface area contributed by atoms with Gasteiger partial charge in [0.2, 0.25) is 0 Å². The van der Waals surface area contributed by atoms with Crippen LogP contribution in [-0.4, -0.2) is 11.6 Å². The molecule has 0 aliphatic carbocycles. The number of benzene rings is 1. The largest absolute Gasteiger partial charge is 0.491 e. The molecular weight excluding hydrogens is 270 g/mol. The lowest BCUT2D eigenvalue weighted by Gasteiger charge is -2.09. The van der Waals surface area contributed by atoms with Gasteiger partial charge in [-0.1, -0.05) is 18.2 Å². The van der Waals surface area contributed by atoms with Crippen molar-refractivity contribution in [2.24, 2.45) is 0 Å². The first-order valence-electron chi connectivity index (χ1n) is 5.48. The Kier molecular flexibility index (Phi) is 4.06. The van der Waals surface area contributed by atoms with Gasteiger partial charge in [0, 0.05) is 23.2 Å².